The molecule has 0 spiro atoms. The van der Waals surface area contributed by atoms with Crippen molar-refractivity contribution in [2.24, 2.45) is 0 Å². The van der Waals surface area contributed by atoms with E-state index in [2.05, 4.69) is 0 Å². The second kappa shape index (κ2) is 3.95. The Balaban J connectivity index is 2.72. The van der Waals surface area contributed by atoms with Gasteiger partial charge in [0.1, 0.15) is 17.6 Å². The zero-order valence-corrected chi connectivity index (χ0v) is 8.88. The molecule has 3 nitrogen and oxygen atoms in total. The van der Waals surface area contributed by atoms with Gasteiger partial charge in [0.2, 0.25) is 0 Å². The molecule has 4 heteroatoms. The molecule has 0 aliphatic carbocycles. The Labute approximate surface area is 91.6 Å². The molecule has 0 atom stereocenters. The van der Waals surface area contributed by atoms with E-state index in [4.69, 9.17) is 20.8 Å². The van der Waals surface area contributed by atoms with Crippen LogP contribution in [-0.2, 0) is 11.2 Å². The zero-order chi connectivity index (χ0) is 10.8. The topological polar surface area (TPSA) is 39.4 Å². The molecule has 2 rings (SSSR count). The van der Waals surface area contributed by atoms with Crippen LogP contribution in [0.4, 0.5) is 0 Å². The molecule has 2 aromatic rings. The molecule has 0 bridgehead atoms. The normalized spacial score (nSPS) is 10.5. The molecule has 0 saturated carbocycles. The summed E-state index contributed by atoms with van der Waals surface area (Å²) in [6, 6.07) is 3.54. The van der Waals surface area contributed by atoms with Gasteiger partial charge in [-0.1, -0.05) is 11.6 Å². The fourth-order valence-corrected chi connectivity index (χ4v) is 1.92. The maximum absolute atomic E-state index is 10.5. The first-order chi connectivity index (χ1) is 7.27. The van der Waals surface area contributed by atoms with Crippen molar-refractivity contribution in [3.05, 3.63) is 29.0 Å². The van der Waals surface area contributed by atoms with Crippen molar-refractivity contribution >= 4 is 28.9 Å². The van der Waals surface area contributed by atoms with Crippen molar-refractivity contribution in [1.82, 2.24) is 0 Å². The van der Waals surface area contributed by atoms with Crippen molar-refractivity contribution in [3.8, 4) is 5.75 Å². The molecule has 0 unspecified atom stereocenters. The SMILES string of the molecule is COc1c(CC=O)cc2occc2c1Cl. The fourth-order valence-electron chi connectivity index (χ4n) is 1.56. The van der Waals surface area contributed by atoms with Crippen LogP contribution in [0.15, 0.2) is 22.8 Å². The van der Waals surface area contributed by atoms with E-state index in [-0.39, 0.29) is 6.42 Å². The number of ether oxygens (including phenoxy) is 1. The predicted octanol–water partition coefficient (Wildman–Crippen LogP) is 2.84. The van der Waals surface area contributed by atoms with E-state index >= 15 is 0 Å². The van der Waals surface area contributed by atoms with Gasteiger partial charge in [0, 0.05) is 17.4 Å². The third-order valence-electron chi connectivity index (χ3n) is 2.24. The second-order valence-corrected chi connectivity index (χ2v) is 3.46. The number of methoxy groups -OCH3 is 1. The molecular weight excluding hydrogens is 216 g/mol. The van der Waals surface area contributed by atoms with Crippen LogP contribution in [-0.4, -0.2) is 13.4 Å². The predicted molar refractivity (Wildman–Crippen MR) is 57.5 cm³/mol. The van der Waals surface area contributed by atoms with Gasteiger partial charge < -0.3 is 13.9 Å². The van der Waals surface area contributed by atoms with E-state index in [1.165, 1.54) is 7.11 Å². The second-order valence-electron chi connectivity index (χ2n) is 3.09. The van der Waals surface area contributed by atoms with E-state index in [1.807, 2.05) is 0 Å². The van der Waals surface area contributed by atoms with Crippen LogP contribution in [0.2, 0.25) is 5.02 Å². The maximum atomic E-state index is 10.5. The van der Waals surface area contributed by atoms with Gasteiger partial charge in [-0.2, -0.15) is 0 Å². The van der Waals surface area contributed by atoms with Gasteiger partial charge in [-0.05, 0) is 12.1 Å². The highest BCUT2D eigenvalue weighted by Gasteiger charge is 2.13. The standard InChI is InChI=1S/C11H9ClO3/c1-14-11-7(2-4-13)6-9-8(10(11)12)3-5-15-9/h3-6H,2H2,1H3. The summed E-state index contributed by atoms with van der Waals surface area (Å²) < 4.78 is 10.4. The number of halogens is 1. The molecule has 0 N–H and O–H groups in total. The summed E-state index contributed by atoms with van der Waals surface area (Å²) >= 11 is 6.12. The van der Waals surface area contributed by atoms with Crippen molar-refractivity contribution in [3.63, 3.8) is 0 Å². The van der Waals surface area contributed by atoms with Gasteiger partial charge in [0.25, 0.3) is 0 Å². The Bertz CT molecular complexity index is 502. The molecule has 0 saturated heterocycles. The highest BCUT2D eigenvalue weighted by atomic mass is 35.5. The minimum Gasteiger partial charge on any atom is -0.495 e. The highest BCUT2D eigenvalue weighted by Crippen LogP contribution is 2.36. The van der Waals surface area contributed by atoms with E-state index in [0.29, 0.717) is 16.4 Å². The minimum absolute atomic E-state index is 0.263. The van der Waals surface area contributed by atoms with E-state index in [1.54, 1.807) is 18.4 Å². The van der Waals surface area contributed by atoms with Crippen LogP contribution >= 0.6 is 11.6 Å². The summed E-state index contributed by atoms with van der Waals surface area (Å²) in [6.45, 7) is 0. The van der Waals surface area contributed by atoms with Gasteiger partial charge in [-0.3, -0.25) is 0 Å². The summed E-state index contributed by atoms with van der Waals surface area (Å²) in [4.78, 5) is 10.5. The van der Waals surface area contributed by atoms with Crippen LogP contribution in [0, 0.1) is 0 Å². The molecule has 1 aromatic carbocycles. The van der Waals surface area contributed by atoms with Gasteiger partial charge >= 0.3 is 0 Å². The lowest BCUT2D eigenvalue weighted by atomic mass is 10.1. The van der Waals surface area contributed by atoms with Crippen LogP contribution in [0.25, 0.3) is 11.0 Å². The largest absolute Gasteiger partial charge is 0.495 e. The lowest BCUT2D eigenvalue weighted by Gasteiger charge is -2.08. The van der Waals surface area contributed by atoms with Crippen molar-refractivity contribution in [1.29, 1.82) is 0 Å². The Morgan fingerprint density at radius 3 is 3.07 bits per heavy atom. The summed E-state index contributed by atoms with van der Waals surface area (Å²) in [7, 11) is 1.53. The Kier molecular flexibility index (Phi) is 2.64. The van der Waals surface area contributed by atoms with Gasteiger partial charge in [0.15, 0.2) is 0 Å². The number of furan rings is 1. The lowest BCUT2D eigenvalue weighted by molar-refractivity contribution is -0.107. The summed E-state index contributed by atoms with van der Waals surface area (Å²) in [5.74, 6) is 0.540. The van der Waals surface area contributed by atoms with Gasteiger partial charge in [-0.15, -0.1) is 0 Å². The van der Waals surface area contributed by atoms with Crippen molar-refractivity contribution in [2.75, 3.05) is 7.11 Å². The summed E-state index contributed by atoms with van der Waals surface area (Å²) in [5.41, 5.74) is 1.40. The lowest BCUT2D eigenvalue weighted by Crippen LogP contribution is -1.94. The Hall–Kier alpha value is -1.48. The summed E-state index contributed by atoms with van der Waals surface area (Å²) in [6.07, 6.45) is 2.63. The quantitative estimate of drug-likeness (QED) is 0.753. The molecule has 0 fully saturated rings. The molecule has 0 amide bonds. The first kappa shape index (κ1) is 10.1. The number of rotatable bonds is 3. The molecular formula is C11H9ClO3. The number of hydrogen-bond acceptors (Lipinski definition) is 3. The smallest absolute Gasteiger partial charge is 0.141 e. The number of carbonyl (C=O) groups excluding carboxylic acids is 1. The average molecular weight is 225 g/mol. The molecule has 15 heavy (non-hydrogen) atoms. The van der Waals surface area contributed by atoms with Crippen LogP contribution in [0.1, 0.15) is 5.56 Å². The van der Waals surface area contributed by atoms with Crippen molar-refractivity contribution in [2.45, 2.75) is 6.42 Å². The third kappa shape index (κ3) is 1.59. The monoisotopic (exact) mass is 224 g/mol. The van der Waals surface area contributed by atoms with E-state index in [0.717, 1.165) is 17.2 Å². The molecule has 0 radical (unpaired) electrons. The molecule has 0 aliphatic rings. The van der Waals surface area contributed by atoms with Crippen LogP contribution < -0.4 is 4.74 Å². The molecule has 0 aliphatic heterocycles. The van der Waals surface area contributed by atoms with E-state index < -0.39 is 0 Å². The minimum atomic E-state index is 0.263. The molecule has 1 heterocycles. The van der Waals surface area contributed by atoms with Gasteiger partial charge in [-0.25, -0.2) is 0 Å². The van der Waals surface area contributed by atoms with E-state index in [9.17, 15) is 4.79 Å². The highest BCUT2D eigenvalue weighted by molar-refractivity contribution is 6.37. The van der Waals surface area contributed by atoms with Gasteiger partial charge in [0.05, 0.1) is 18.4 Å². The fraction of sp³-hybridized carbons (Fsp3) is 0.182. The third-order valence-corrected chi connectivity index (χ3v) is 2.61. The molecule has 78 valence electrons. The molecule has 1 aromatic heterocycles. The average Bonchev–Trinajstić information content (AvgIpc) is 2.67. The summed E-state index contributed by atoms with van der Waals surface area (Å²) in [5, 5.41) is 1.28. The van der Waals surface area contributed by atoms with Crippen LogP contribution in [0.5, 0.6) is 5.75 Å². The number of hydrogen-bond donors (Lipinski definition) is 0. The number of fused-ring (bicyclic) bond motifs is 1. The Morgan fingerprint density at radius 2 is 2.40 bits per heavy atom. The number of benzene rings is 1. The van der Waals surface area contributed by atoms with Crippen LogP contribution in [0.3, 0.4) is 0 Å². The first-order valence-electron chi connectivity index (χ1n) is 4.44. The first-order valence-corrected chi connectivity index (χ1v) is 4.82. The maximum Gasteiger partial charge on any atom is 0.141 e. The zero-order valence-electron chi connectivity index (χ0n) is 8.12. The number of aldehydes is 1. The van der Waals surface area contributed by atoms with Crippen molar-refractivity contribution < 1.29 is 13.9 Å². The Morgan fingerprint density at radius 1 is 1.60 bits per heavy atom. The number of carbonyl (C=O) groups is 1.